The van der Waals surface area contributed by atoms with Crippen molar-refractivity contribution in [2.45, 2.75) is 18.6 Å². The zero-order valence-electron chi connectivity index (χ0n) is 11.0. The molecule has 0 saturated heterocycles. The zero-order valence-corrected chi connectivity index (χ0v) is 11.8. The number of carbonyl (C=O) groups is 3. The van der Waals surface area contributed by atoms with E-state index in [2.05, 4.69) is 25.6 Å². The fourth-order valence-corrected chi connectivity index (χ4v) is 1.72. The summed E-state index contributed by atoms with van der Waals surface area (Å²) < 4.78 is 9.72. The molecule has 0 unspecified atom stereocenters. The van der Waals surface area contributed by atoms with Gasteiger partial charge in [0.1, 0.15) is 0 Å². The topological polar surface area (TPSA) is 123 Å². The minimum atomic E-state index is -0.691. The van der Waals surface area contributed by atoms with Gasteiger partial charge < -0.3 is 14.5 Å². The van der Waals surface area contributed by atoms with E-state index in [1.807, 2.05) is 0 Å². The van der Waals surface area contributed by atoms with E-state index in [0.717, 1.165) is 11.8 Å². The maximum Gasteiger partial charge on any atom is 0.396 e. The zero-order chi connectivity index (χ0) is 15.0. The van der Waals surface area contributed by atoms with Crippen molar-refractivity contribution >= 4 is 29.7 Å². The highest BCUT2D eigenvalue weighted by Gasteiger charge is 2.16. The normalized spacial score (nSPS) is 9.90. The van der Waals surface area contributed by atoms with Crippen LogP contribution in [0.15, 0.2) is 9.64 Å². The summed E-state index contributed by atoms with van der Waals surface area (Å²) in [7, 11) is 1.41. The highest BCUT2D eigenvalue weighted by Crippen LogP contribution is 2.17. The highest BCUT2D eigenvalue weighted by atomic mass is 32.2. The van der Waals surface area contributed by atoms with Crippen LogP contribution >= 0.6 is 11.8 Å². The minimum absolute atomic E-state index is 0.0925. The first-order chi connectivity index (χ1) is 9.56. The van der Waals surface area contributed by atoms with Gasteiger partial charge in [0.2, 0.25) is 5.91 Å². The van der Waals surface area contributed by atoms with Crippen LogP contribution < -0.4 is 10.6 Å². The van der Waals surface area contributed by atoms with E-state index in [-0.39, 0.29) is 24.1 Å². The second-order valence-corrected chi connectivity index (χ2v) is 4.37. The Morgan fingerprint density at radius 3 is 2.75 bits per heavy atom. The third kappa shape index (κ3) is 5.26. The largest absolute Gasteiger partial charge is 0.459 e. The van der Waals surface area contributed by atoms with Crippen molar-refractivity contribution in [2.24, 2.45) is 0 Å². The molecule has 10 heteroatoms. The third-order valence-corrected chi connectivity index (χ3v) is 2.71. The molecule has 9 nitrogen and oxygen atoms in total. The fraction of sp³-hybridized carbons (Fsp3) is 0.500. The van der Waals surface area contributed by atoms with Gasteiger partial charge in [0, 0.05) is 19.2 Å². The van der Waals surface area contributed by atoms with Crippen molar-refractivity contribution < 1.29 is 23.5 Å². The van der Waals surface area contributed by atoms with Crippen LogP contribution in [-0.2, 0) is 9.53 Å². The van der Waals surface area contributed by atoms with Crippen molar-refractivity contribution in [1.29, 1.82) is 0 Å². The molecule has 0 aliphatic heterocycles. The Kier molecular flexibility index (Phi) is 6.50. The Hall–Kier alpha value is -2.10. The Morgan fingerprint density at radius 1 is 1.35 bits per heavy atom. The van der Waals surface area contributed by atoms with Crippen molar-refractivity contribution in [1.82, 2.24) is 20.8 Å². The van der Waals surface area contributed by atoms with Gasteiger partial charge in [0.25, 0.3) is 5.22 Å². The molecule has 1 rings (SSSR count). The summed E-state index contributed by atoms with van der Waals surface area (Å²) in [5, 5.41) is 11.7. The van der Waals surface area contributed by atoms with Crippen molar-refractivity contribution in [2.75, 3.05) is 19.4 Å². The summed E-state index contributed by atoms with van der Waals surface area (Å²) in [5.41, 5.74) is 0. The molecule has 2 N–H and O–H groups in total. The predicted molar refractivity (Wildman–Crippen MR) is 68.2 cm³/mol. The lowest BCUT2D eigenvalue weighted by Gasteiger charge is -2.01. The molecule has 0 radical (unpaired) electrons. The van der Waals surface area contributed by atoms with Crippen LogP contribution in [0.1, 0.15) is 24.0 Å². The standard InChI is InChI=1S/C10H14N4O5S/c1-3-18-8(16)7-13-14-10(19-7)20-5-4-6(15)12-9(17)11-2/h3-5H2,1-2H3,(H2,11,12,15,17). The van der Waals surface area contributed by atoms with Gasteiger partial charge in [0.05, 0.1) is 6.61 Å². The maximum absolute atomic E-state index is 11.3. The number of esters is 1. The number of ether oxygens (including phenoxy) is 1. The second kappa shape index (κ2) is 8.15. The Morgan fingerprint density at radius 2 is 2.10 bits per heavy atom. The Labute approximate surface area is 118 Å². The van der Waals surface area contributed by atoms with E-state index in [1.54, 1.807) is 6.92 Å². The minimum Gasteiger partial charge on any atom is -0.459 e. The molecular formula is C10H14N4O5S. The summed E-state index contributed by atoms with van der Waals surface area (Å²) in [6, 6.07) is -0.567. The molecule has 1 aromatic rings. The SMILES string of the molecule is CCOC(=O)c1nnc(SCCC(=O)NC(=O)NC)o1. The first-order valence-corrected chi connectivity index (χ1v) is 6.70. The van der Waals surface area contributed by atoms with Gasteiger partial charge in [0.15, 0.2) is 0 Å². The number of nitrogens with one attached hydrogen (secondary N) is 2. The average molecular weight is 302 g/mol. The van der Waals surface area contributed by atoms with E-state index in [1.165, 1.54) is 7.05 Å². The molecule has 1 heterocycles. The summed E-state index contributed by atoms with van der Waals surface area (Å²) in [4.78, 5) is 33.4. The van der Waals surface area contributed by atoms with Gasteiger partial charge >= 0.3 is 17.9 Å². The second-order valence-electron chi connectivity index (χ2n) is 3.32. The lowest BCUT2D eigenvalue weighted by Crippen LogP contribution is -2.37. The van der Waals surface area contributed by atoms with E-state index in [0.29, 0.717) is 5.75 Å². The number of hydrogen-bond acceptors (Lipinski definition) is 8. The lowest BCUT2D eigenvalue weighted by atomic mass is 10.4. The molecule has 0 bridgehead atoms. The molecule has 0 aliphatic carbocycles. The van der Waals surface area contributed by atoms with Crippen LogP contribution in [0.5, 0.6) is 0 Å². The molecule has 0 spiro atoms. The van der Waals surface area contributed by atoms with Gasteiger partial charge in [-0.2, -0.15) is 0 Å². The van der Waals surface area contributed by atoms with E-state index < -0.39 is 17.9 Å². The smallest absolute Gasteiger partial charge is 0.396 e. The number of amides is 3. The van der Waals surface area contributed by atoms with Crippen LogP contribution in [0.3, 0.4) is 0 Å². The van der Waals surface area contributed by atoms with E-state index in [4.69, 9.17) is 4.42 Å². The molecule has 1 aromatic heterocycles. The first-order valence-electron chi connectivity index (χ1n) is 5.71. The quantitative estimate of drug-likeness (QED) is 0.563. The average Bonchev–Trinajstić information content (AvgIpc) is 2.87. The van der Waals surface area contributed by atoms with Gasteiger partial charge in [-0.15, -0.1) is 5.10 Å². The molecule has 0 aliphatic rings. The molecular weight excluding hydrogens is 288 g/mol. The summed E-state index contributed by atoms with van der Waals surface area (Å²) in [6.07, 6.45) is 0.0925. The summed E-state index contributed by atoms with van der Waals surface area (Å²) in [5.74, 6) is -1.02. The van der Waals surface area contributed by atoms with Gasteiger partial charge in [-0.25, -0.2) is 9.59 Å². The van der Waals surface area contributed by atoms with Crippen LogP contribution in [0.4, 0.5) is 4.79 Å². The number of thioether (sulfide) groups is 1. The van der Waals surface area contributed by atoms with Crippen LogP contribution in [0.2, 0.25) is 0 Å². The van der Waals surface area contributed by atoms with Gasteiger partial charge in [-0.3, -0.25) is 10.1 Å². The third-order valence-electron chi connectivity index (χ3n) is 1.89. The molecule has 20 heavy (non-hydrogen) atoms. The van der Waals surface area contributed by atoms with Crippen molar-refractivity contribution in [3.63, 3.8) is 0 Å². The predicted octanol–water partition coefficient (Wildman–Crippen LogP) is 0.184. The van der Waals surface area contributed by atoms with Gasteiger partial charge in [-0.05, 0) is 6.92 Å². The maximum atomic E-state index is 11.3. The van der Waals surface area contributed by atoms with E-state index in [9.17, 15) is 14.4 Å². The van der Waals surface area contributed by atoms with Crippen molar-refractivity contribution in [3.8, 4) is 0 Å². The molecule has 0 atom stereocenters. The van der Waals surface area contributed by atoms with Crippen molar-refractivity contribution in [3.05, 3.63) is 5.89 Å². The number of rotatable bonds is 6. The Bertz CT molecular complexity index is 490. The molecule has 0 fully saturated rings. The lowest BCUT2D eigenvalue weighted by molar-refractivity contribution is -0.119. The summed E-state index contributed by atoms with van der Waals surface area (Å²) >= 11 is 1.10. The highest BCUT2D eigenvalue weighted by molar-refractivity contribution is 7.99. The number of aromatic nitrogens is 2. The first kappa shape index (κ1) is 16.0. The number of carbonyl (C=O) groups excluding carboxylic acids is 3. The molecule has 3 amide bonds. The number of imide groups is 1. The number of urea groups is 1. The number of nitrogens with zero attached hydrogens (tertiary/aromatic N) is 2. The van der Waals surface area contributed by atoms with Crippen LogP contribution in [0.25, 0.3) is 0 Å². The van der Waals surface area contributed by atoms with Crippen LogP contribution in [0, 0.1) is 0 Å². The van der Waals surface area contributed by atoms with Gasteiger partial charge in [-0.1, -0.05) is 16.9 Å². The fourth-order valence-electron chi connectivity index (χ4n) is 1.03. The molecule has 0 aromatic carbocycles. The number of hydrogen-bond donors (Lipinski definition) is 2. The molecule has 110 valence electrons. The van der Waals surface area contributed by atoms with E-state index >= 15 is 0 Å². The monoisotopic (exact) mass is 302 g/mol. The van der Waals surface area contributed by atoms with Crippen LogP contribution in [-0.4, -0.2) is 47.5 Å². The summed E-state index contributed by atoms with van der Waals surface area (Å²) in [6.45, 7) is 1.87. The Balaban J connectivity index is 2.34. The molecule has 0 saturated carbocycles.